The van der Waals surface area contributed by atoms with Gasteiger partial charge < -0.3 is 15.8 Å². The zero-order valence-electron chi connectivity index (χ0n) is 10.6. The molecule has 0 unspecified atom stereocenters. The second kappa shape index (κ2) is 6.15. The van der Waals surface area contributed by atoms with Gasteiger partial charge in [0.2, 0.25) is 0 Å². The highest BCUT2D eigenvalue weighted by Crippen LogP contribution is 2.28. The molecule has 20 heavy (non-hydrogen) atoms. The fraction of sp³-hybridized carbons (Fsp3) is 0.0714. The van der Waals surface area contributed by atoms with Crippen molar-refractivity contribution >= 4 is 44.8 Å². The van der Waals surface area contributed by atoms with Crippen LogP contribution in [0.3, 0.4) is 0 Å². The van der Waals surface area contributed by atoms with Crippen molar-refractivity contribution in [1.29, 1.82) is 0 Å². The molecule has 0 fully saturated rings. The van der Waals surface area contributed by atoms with Gasteiger partial charge in [-0.05, 0) is 52.3 Å². The molecule has 0 aliphatic rings. The van der Waals surface area contributed by atoms with Crippen LogP contribution < -0.4 is 15.8 Å². The number of ether oxygens (including phenoxy) is 1. The Hall–Kier alpha value is -1.72. The van der Waals surface area contributed by atoms with Crippen molar-refractivity contribution in [2.75, 3.05) is 18.2 Å². The molecular formula is C14H12BrClN2O2. The molecule has 0 spiro atoms. The Morgan fingerprint density at radius 2 is 2.05 bits per heavy atom. The average molecular weight is 356 g/mol. The molecule has 4 nitrogen and oxygen atoms in total. The first-order chi connectivity index (χ1) is 9.51. The Bertz CT molecular complexity index is 662. The number of nitrogens with two attached hydrogens (primary N) is 1. The Balaban J connectivity index is 2.27. The zero-order chi connectivity index (χ0) is 14.7. The number of benzene rings is 2. The summed E-state index contributed by atoms with van der Waals surface area (Å²) in [5.41, 5.74) is 7.20. The smallest absolute Gasteiger partial charge is 0.255 e. The summed E-state index contributed by atoms with van der Waals surface area (Å²) < 4.78 is 5.91. The molecule has 0 heterocycles. The van der Waals surface area contributed by atoms with Crippen molar-refractivity contribution in [2.24, 2.45) is 0 Å². The van der Waals surface area contributed by atoms with Gasteiger partial charge in [0.05, 0.1) is 17.8 Å². The molecule has 0 radical (unpaired) electrons. The molecular weight excluding hydrogens is 344 g/mol. The number of anilines is 2. The lowest BCUT2D eigenvalue weighted by molar-refractivity contribution is 0.102. The van der Waals surface area contributed by atoms with Crippen LogP contribution in [-0.2, 0) is 0 Å². The van der Waals surface area contributed by atoms with Gasteiger partial charge in [-0.15, -0.1) is 0 Å². The third-order valence-corrected chi connectivity index (χ3v) is 3.89. The van der Waals surface area contributed by atoms with Crippen LogP contribution in [0.4, 0.5) is 11.4 Å². The summed E-state index contributed by atoms with van der Waals surface area (Å²) >= 11 is 9.25. The van der Waals surface area contributed by atoms with Crippen molar-refractivity contribution < 1.29 is 9.53 Å². The van der Waals surface area contributed by atoms with Crippen LogP contribution in [0.15, 0.2) is 40.9 Å². The van der Waals surface area contributed by atoms with E-state index in [0.717, 1.165) is 4.47 Å². The lowest BCUT2D eigenvalue weighted by Crippen LogP contribution is -2.12. The van der Waals surface area contributed by atoms with E-state index in [9.17, 15) is 4.79 Å². The number of nitrogens with one attached hydrogen (secondary N) is 1. The Morgan fingerprint density at radius 1 is 1.30 bits per heavy atom. The standard InChI is InChI=1S/C14H12BrClN2O2/c1-20-13-5-3-9(17)7-12(13)18-14(19)8-2-4-10(15)11(16)6-8/h2-7H,17H2,1H3,(H,18,19). The number of rotatable bonds is 3. The van der Waals surface area contributed by atoms with E-state index >= 15 is 0 Å². The molecule has 0 aliphatic carbocycles. The van der Waals surface area contributed by atoms with Gasteiger partial charge in [0.1, 0.15) is 5.75 Å². The summed E-state index contributed by atoms with van der Waals surface area (Å²) in [6, 6.07) is 10.00. The maximum Gasteiger partial charge on any atom is 0.255 e. The minimum absolute atomic E-state index is 0.289. The predicted molar refractivity (Wildman–Crippen MR) is 84.5 cm³/mol. The topological polar surface area (TPSA) is 64.3 Å². The molecule has 6 heteroatoms. The van der Waals surface area contributed by atoms with Gasteiger partial charge in [-0.1, -0.05) is 11.6 Å². The van der Waals surface area contributed by atoms with Gasteiger partial charge in [0.25, 0.3) is 5.91 Å². The van der Waals surface area contributed by atoms with Gasteiger partial charge >= 0.3 is 0 Å². The summed E-state index contributed by atoms with van der Waals surface area (Å²) in [4.78, 5) is 12.2. The van der Waals surface area contributed by atoms with Crippen LogP contribution in [0.1, 0.15) is 10.4 Å². The quantitative estimate of drug-likeness (QED) is 0.820. The molecule has 2 aromatic rings. The van der Waals surface area contributed by atoms with Crippen LogP contribution in [0, 0.1) is 0 Å². The summed E-state index contributed by atoms with van der Waals surface area (Å²) in [6.45, 7) is 0. The van der Waals surface area contributed by atoms with Crippen molar-refractivity contribution in [2.45, 2.75) is 0 Å². The minimum atomic E-state index is -0.289. The summed E-state index contributed by atoms with van der Waals surface area (Å²) in [5, 5.41) is 3.22. The number of hydrogen-bond donors (Lipinski definition) is 2. The zero-order valence-corrected chi connectivity index (χ0v) is 13.0. The third-order valence-electron chi connectivity index (χ3n) is 2.65. The largest absolute Gasteiger partial charge is 0.495 e. The Labute approximate surface area is 130 Å². The first-order valence-electron chi connectivity index (χ1n) is 5.71. The molecule has 104 valence electrons. The molecule has 0 saturated carbocycles. The van der Waals surface area contributed by atoms with Gasteiger partial charge in [-0.3, -0.25) is 4.79 Å². The second-order valence-corrected chi connectivity index (χ2v) is 5.30. The lowest BCUT2D eigenvalue weighted by atomic mass is 10.2. The molecule has 3 N–H and O–H groups in total. The molecule has 2 rings (SSSR count). The first kappa shape index (κ1) is 14.7. The van der Waals surface area contributed by atoms with E-state index in [2.05, 4.69) is 21.2 Å². The maximum absolute atomic E-state index is 12.2. The molecule has 0 bridgehead atoms. The van der Waals surface area contributed by atoms with Crippen LogP contribution in [0.5, 0.6) is 5.75 Å². The summed E-state index contributed by atoms with van der Waals surface area (Å²) in [5.74, 6) is 0.249. The monoisotopic (exact) mass is 354 g/mol. The minimum Gasteiger partial charge on any atom is -0.495 e. The highest BCUT2D eigenvalue weighted by Gasteiger charge is 2.11. The number of carbonyl (C=O) groups is 1. The van der Waals surface area contributed by atoms with Crippen molar-refractivity contribution in [3.05, 3.63) is 51.5 Å². The third kappa shape index (κ3) is 3.23. The van der Waals surface area contributed by atoms with E-state index in [1.807, 2.05) is 0 Å². The van der Waals surface area contributed by atoms with E-state index < -0.39 is 0 Å². The molecule has 1 amide bonds. The van der Waals surface area contributed by atoms with Crippen molar-refractivity contribution in [1.82, 2.24) is 0 Å². The van der Waals surface area contributed by atoms with Crippen LogP contribution in [0.2, 0.25) is 5.02 Å². The maximum atomic E-state index is 12.2. The van der Waals surface area contributed by atoms with Crippen LogP contribution in [0.25, 0.3) is 0 Å². The lowest BCUT2D eigenvalue weighted by Gasteiger charge is -2.11. The fourth-order valence-electron chi connectivity index (χ4n) is 1.66. The van der Waals surface area contributed by atoms with E-state index in [0.29, 0.717) is 27.7 Å². The fourth-order valence-corrected chi connectivity index (χ4v) is 2.08. The van der Waals surface area contributed by atoms with Gasteiger partial charge in [-0.25, -0.2) is 0 Å². The highest BCUT2D eigenvalue weighted by atomic mass is 79.9. The number of halogens is 2. The van der Waals surface area contributed by atoms with Gasteiger partial charge in [-0.2, -0.15) is 0 Å². The van der Waals surface area contributed by atoms with E-state index in [1.54, 1.807) is 36.4 Å². The summed E-state index contributed by atoms with van der Waals surface area (Å²) in [6.07, 6.45) is 0. The van der Waals surface area contributed by atoms with E-state index in [-0.39, 0.29) is 5.91 Å². The molecule has 0 atom stereocenters. The van der Waals surface area contributed by atoms with Gasteiger partial charge in [0.15, 0.2) is 0 Å². The first-order valence-corrected chi connectivity index (χ1v) is 6.88. The van der Waals surface area contributed by atoms with Gasteiger partial charge in [0, 0.05) is 15.7 Å². The Morgan fingerprint density at radius 3 is 2.70 bits per heavy atom. The number of hydrogen-bond acceptors (Lipinski definition) is 3. The second-order valence-electron chi connectivity index (χ2n) is 4.04. The number of carbonyl (C=O) groups excluding carboxylic acids is 1. The number of nitrogen functional groups attached to an aromatic ring is 1. The highest BCUT2D eigenvalue weighted by molar-refractivity contribution is 9.10. The molecule has 0 saturated heterocycles. The van der Waals surface area contributed by atoms with Crippen LogP contribution >= 0.6 is 27.5 Å². The van der Waals surface area contributed by atoms with E-state index in [4.69, 9.17) is 22.1 Å². The number of amides is 1. The number of methoxy groups -OCH3 is 1. The Kier molecular flexibility index (Phi) is 4.52. The summed E-state index contributed by atoms with van der Waals surface area (Å²) in [7, 11) is 1.53. The predicted octanol–water partition coefficient (Wildman–Crippen LogP) is 3.95. The molecule has 2 aromatic carbocycles. The SMILES string of the molecule is COc1ccc(N)cc1NC(=O)c1ccc(Br)c(Cl)c1. The van der Waals surface area contributed by atoms with Crippen molar-refractivity contribution in [3.63, 3.8) is 0 Å². The normalized spacial score (nSPS) is 10.2. The van der Waals surface area contributed by atoms with Crippen molar-refractivity contribution in [3.8, 4) is 5.75 Å². The average Bonchev–Trinajstić information content (AvgIpc) is 2.42. The molecule has 0 aliphatic heterocycles. The van der Waals surface area contributed by atoms with E-state index in [1.165, 1.54) is 7.11 Å². The molecule has 0 aromatic heterocycles. The van der Waals surface area contributed by atoms with Crippen LogP contribution in [-0.4, -0.2) is 13.0 Å².